The van der Waals surface area contributed by atoms with Gasteiger partial charge in [0.05, 0.1) is 19.2 Å². The summed E-state index contributed by atoms with van der Waals surface area (Å²) in [6.07, 6.45) is -4.36. The van der Waals surface area contributed by atoms with Gasteiger partial charge in [-0.15, -0.1) is 0 Å². The smallest absolute Gasteiger partial charge is 0.416 e. The lowest BCUT2D eigenvalue weighted by Gasteiger charge is -2.22. The average Bonchev–Trinajstić information content (AvgIpc) is 2.72. The number of benzene rings is 2. The van der Waals surface area contributed by atoms with Crippen molar-refractivity contribution in [1.29, 1.82) is 0 Å². The van der Waals surface area contributed by atoms with Gasteiger partial charge < -0.3 is 20.3 Å². The summed E-state index contributed by atoms with van der Waals surface area (Å²) in [7, 11) is 4.90. The van der Waals surface area contributed by atoms with Crippen LogP contribution < -0.4 is 15.4 Å². The lowest BCUT2D eigenvalue weighted by Crippen LogP contribution is -2.43. The Labute approximate surface area is 173 Å². The highest BCUT2D eigenvalue weighted by Crippen LogP contribution is 2.29. The van der Waals surface area contributed by atoms with Crippen molar-refractivity contribution in [3.8, 4) is 5.75 Å². The van der Waals surface area contributed by atoms with E-state index >= 15 is 0 Å². The van der Waals surface area contributed by atoms with Gasteiger partial charge in [-0.25, -0.2) is 0 Å². The fraction of sp³-hybridized carbons (Fsp3) is 0.333. The number of nitrogens with one attached hydrogen (secondary N) is 2. The van der Waals surface area contributed by atoms with Crippen LogP contribution in [-0.2, 0) is 24.1 Å². The van der Waals surface area contributed by atoms with Gasteiger partial charge >= 0.3 is 6.18 Å². The Hall–Kier alpha value is -3.23. The maximum absolute atomic E-state index is 12.7. The molecule has 0 aliphatic rings. The number of alkyl halides is 3. The van der Waals surface area contributed by atoms with Gasteiger partial charge in [-0.1, -0.05) is 24.3 Å². The molecule has 0 heterocycles. The largest absolute Gasteiger partial charge is 0.497 e. The molecule has 2 rings (SSSR count). The predicted octanol–water partition coefficient (Wildman–Crippen LogP) is 3.04. The van der Waals surface area contributed by atoms with E-state index in [4.69, 9.17) is 4.74 Å². The number of aliphatic imine (C=N–C) groups is 1. The summed E-state index contributed by atoms with van der Waals surface area (Å²) in [5.41, 5.74) is 0.940. The molecule has 0 aliphatic heterocycles. The van der Waals surface area contributed by atoms with Crippen LogP contribution in [0.5, 0.6) is 5.75 Å². The fourth-order valence-electron chi connectivity index (χ4n) is 2.70. The Morgan fingerprint density at radius 2 is 1.63 bits per heavy atom. The Kier molecular flexibility index (Phi) is 8.08. The van der Waals surface area contributed by atoms with Gasteiger partial charge in [-0.2, -0.15) is 13.2 Å². The molecule has 0 fully saturated rings. The van der Waals surface area contributed by atoms with E-state index in [0.29, 0.717) is 24.6 Å². The number of carbonyl (C=O) groups is 1. The van der Waals surface area contributed by atoms with Crippen LogP contribution in [0.4, 0.5) is 13.2 Å². The number of guanidine groups is 1. The maximum Gasteiger partial charge on any atom is 0.416 e. The molecule has 0 saturated carbocycles. The van der Waals surface area contributed by atoms with Crippen molar-refractivity contribution in [2.24, 2.45) is 4.99 Å². The molecule has 2 N–H and O–H groups in total. The van der Waals surface area contributed by atoms with Gasteiger partial charge in [0.1, 0.15) is 5.75 Å². The molecular weight excluding hydrogens is 397 g/mol. The lowest BCUT2D eigenvalue weighted by atomic mass is 10.1. The number of rotatable bonds is 7. The van der Waals surface area contributed by atoms with Gasteiger partial charge in [0.2, 0.25) is 5.91 Å². The van der Waals surface area contributed by atoms with E-state index in [-0.39, 0.29) is 12.5 Å². The Balaban J connectivity index is 1.81. The van der Waals surface area contributed by atoms with Gasteiger partial charge in [-0.05, 0) is 35.4 Å². The van der Waals surface area contributed by atoms with E-state index in [1.165, 1.54) is 12.1 Å². The topological polar surface area (TPSA) is 66.0 Å². The van der Waals surface area contributed by atoms with Crippen molar-refractivity contribution < 1.29 is 22.7 Å². The molecule has 9 heteroatoms. The zero-order valence-corrected chi connectivity index (χ0v) is 17.1. The van der Waals surface area contributed by atoms with Crippen LogP contribution in [0.15, 0.2) is 53.5 Å². The third kappa shape index (κ3) is 6.98. The van der Waals surface area contributed by atoms with Crippen LogP contribution in [0.25, 0.3) is 0 Å². The average molecular weight is 422 g/mol. The highest BCUT2D eigenvalue weighted by molar-refractivity contribution is 5.86. The van der Waals surface area contributed by atoms with Crippen molar-refractivity contribution in [2.75, 3.05) is 27.7 Å². The molecule has 0 radical (unpaired) electrons. The van der Waals surface area contributed by atoms with Gasteiger partial charge in [0.25, 0.3) is 0 Å². The lowest BCUT2D eigenvalue weighted by molar-refractivity contribution is -0.137. The number of hydrogen-bond acceptors (Lipinski definition) is 3. The van der Waals surface area contributed by atoms with Crippen molar-refractivity contribution in [3.05, 3.63) is 65.2 Å². The summed E-state index contributed by atoms with van der Waals surface area (Å²) < 4.78 is 43.1. The van der Waals surface area contributed by atoms with Crippen LogP contribution >= 0.6 is 0 Å². The summed E-state index contributed by atoms with van der Waals surface area (Å²) in [6.45, 7) is 0.732. The van der Waals surface area contributed by atoms with Crippen LogP contribution in [0.1, 0.15) is 16.7 Å². The Morgan fingerprint density at radius 1 is 1.03 bits per heavy atom. The second-order valence-corrected chi connectivity index (χ2v) is 6.58. The number of methoxy groups -OCH3 is 1. The molecule has 2 aromatic carbocycles. The Bertz CT molecular complexity index is 850. The van der Waals surface area contributed by atoms with E-state index < -0.39 is 11.7 Å². The monoisotopic (exact) mass is 422 g/mol. The first-order valence-electron chi connectivity index (χ1n) is 9.20. The van der Waals surface area contributed by atoms with E-state index in [9.17, 15) is 18.0 Å². The molecule has 6 nitrogen and oxygen atoms in total. The number of amides is 1. The molecule has 0 aliphatic carbocycles. The van der Waals surface area contributed by atoms with Gasteiger partial charge in [0, 0.05) is 27.2 Å². The molecule has 30 heavy (non-hydrogen) atoms. The predicted molar refractivity (Wildman–Crippen MR) is 109 cm³/mol. The van der Waals surface area contributed by atoms with E-state index in [0.717, 1.165) is 23.4 Å². The summed E-state index contributed by atoms with van der Waals surface area (Å²) in [4.78, 5) is 17.9. The van der Waals surface area contributed by atoms with E-state index in [2.05, 4.69) is 15.6 Å². The second-order valence-electron chi connectivity index (χ2n) is 6.58. The molecular formula is C21H25F3N4O2. The summed E-state index contributed by atoms with van der Waals surface area (Å²) in [6, 6.07) is 12.3. The Morgan fingerprint density at radius 3 is 2.17 bits per heavy atom. The van der Waals surface area contributed by atoms with Crippen LogP contribution in [0, 0.1) is 0 Å². The quantitative estimate of drug-likeness (QED) is 0.532. The molecule has 0 spiro atoms. The number of nitrogens with zero attached hydrogens (tertiary/aromatic N) is 2. The molecule has 0 atom stereocenters. The highest BCUT2D eigenvalue weighted by atomic mass is 19.4. The SMILES string of the molecule is CN=C(NCC(=O)NCc1ccc(OC)cc1)N(C)Cc1ccc(C(F)(F)F)cc1. The van der Waals surface area contributed by atoms with Gasteiger partial charge in [0.15, 0.2) is 5.96 Å². The molecule has 0 bridgehead atoms. The number of carbonyl (C=O) groups excluding carboxylic acids is 1. The van der Waals surface area contributed by atoms with Crippen molar-refractivity contribution >= 4 is 11.9 Å². The summed E-state index contributed by atoms with van der Waals surface area (Å²) in [5.74, 6) is 0.982. The minimum atomic E-state index is -4.36. The molecule has 0 aromatic heterocycles. The van der Waals surface area contributed by atoms with E-state index in [1.807, 2.05) is 24.3 Å². The summed E-state index contributed by atoms with van der Waals surface area (Å²) >= 11 is 0. The minimum absolute atomic E-state index is 0.0141. The summed E-state index contributed by atoms with van der Waals surface area (Å²) in [5, 5.41) is 5.75. The molecule has 0 saturated heterocycles. The zero-order chi connectivity index (χ0) is 22.1. The molecule has 0 unspecified atom stereocenters. The number of hydrogen-bond donors (Lipinski definition) is 2. The van der Waals surface area contributed by atoms with Crippen molar-refractivity contribution in [3.63, 3.8) is 0 Å². The number of ether oxygens (including phenoxy) is 1. The van der Waals surface area contributed by atoms with Crippen molar-refractivity contribution in [1.82, 2.24) is 15.5 Å². The zero-order valence-electron chi connectivity index (χ0n) is 17.1. The molecule has 1 amide bonds. The van der Waals surface area contributed by atoms with Crippen LogP contribution in [0.3, 0.4) is 0 Å². The first-order valence-corrected chi connectivity index (χ1v) is 9.20. The maximum atomic E-state index is 12.7. The van der Waals surface area contributed by atoms with E-state index in [1.54, 1.807) is 26.1 Å². The van der Waals surface area contributed by atoms with Gasteiger partial charge in [-0.3, -0.25) is 9.79 Å². The molecule has 162 valence electrons. The standard InChI is InChI=1S/C21H25F3N4O2/c1-25-20(28(2)14-16-4-8-17(9-5-16)21(22,23)24)27-13-19(29)26-12-15-6-10-18(30-3)11-7-15/h4-11H,12-14H2,1-3H3,(H,25,27)(H,26,29). The highest BCUT2D eigenvalue weighted by Gasteiger charge is 2.29. The normalized spacial score (nSPS) is 11.7. The first kappa shape index (κ1) is 23.1. The first-order chi connectivity index (χ1) is 14.2. The van der Waals surface area contributed by atoms with Crippen LogP contribution in [0.2, 0.25) is 0 Å². The second kappa shape index (κ2) is 10.5. The number of halogens is 3. The van der Waals surface area contributed by atoms with Crippen LogP contribution in [-0.4, -0.2) is 44.5 Å². The third-order valence-electron chi connectivity index (χ3n) is 4.33. The third-order valence-corrected chi connectivity index (χ3v) is 4.33. The minimum Gasteiger partial charge on any atom is -0.497 e. The fourth-order valence-corrected chi connectivity index (χ4v) is 2.70. The van der Waals surface area contributed by atoms with Crippen molar-refractivity contribution in [2.45, 2.75) is 19.3 Å². The molecule has 2 aromatic rings.